The Morgan fingerprint density at radius 3 is 2.61 bits per heavy atom. The summed E-state index contributed by atoms with van der Waals surface area (Å²) in [5.41, 5.74) is 2.02. The molecule has 4 rings (SSSR count). The van der Waals surface area contributed by atoms with Gasteiger partial charge >= 0.3 is 0 Å². The number of aromatic amines is 1. The van der Waals surface area contributed by atoms with Crippen LogP contribution in [0.15, 0.2) is 71.7 Å². The topological polar surface area (TPSA) is 109 Å². The van der Waals surface area contributed by atoms with Crippen molar-refractivity contribution in [3.8, 4) is 0 Å². The summed E-state index contributed by atoms with van der Waals surface area (Å²) < 4.78 is 1.69. The first-order valence-corrected chi connectivity index (χ1v) is 9.78. The van der Waals surface area contributed by atoms with Gasteiger partial charge in [0.25, 0.3) is 5.91 Å². The molecule has 0 fully saturated rings. The Balaban J connectivity index is 1.42. The molecule has 2 aromatic carbocycles. The number of para-hydroxylation sites is 1. The first kappa shape index (κ1) is 20.1. The maximum absolute atomic E-state index is 12.5. The van der Waals surface area contributed by atoms with Crippen LogP contribution in [-0.2, 0) is 11.3 Å². The van der Waals surface area contributed by atoms with Gasteiger partial charge in [0.1, 0.15) is 11.4 Å². The summed E-state index contributed by atoms with van der Waals surface area (Å²) in [6.45, 7) is 2.06. The molecule has 3 N–H and O–H groups in total. The zero-order chi connectivity index (χ0) is 21.8. The molecule has 0 saturated heterocycles. The minimum atomic E-state index is -0.615. The van der Waals surface area contributed by atoms with Crippen molar-refractivity contribution >= 4 is 28.5 Å². The average molecular weight is 415 g/mol. The lowest BCUT2D eigenvalue weighted by Gasteiger charge is -2.10. The smallest absolute Gasteiger partial charge is 0.257 e. The molecular weight excluding hydrogens is 394 g/mol. The van der Waals surface area contributed by atoms with Crippen molar-refractivity contribution in [1.29, 1.82) is 0 Å². The van der Waals surface area contributed by atoms with Gasteiger partial charge in [0.05, 0.1) is 18.8 Å². The first-order chi connectivity index (χ1) is 15.0. The maximum atomic E-state index is 12.5. The minimum Gasteiger partial charge on any atom is -0.360 e. The highest BCUT2D eigenvalue weighted by atomic mass is 16.2. The van der Waals surface area contributed by atoms with Crippen LogP contribution in [0.25, 0.3) is 10.9 Å². The van der Waals surface area contributed by atoms with Gasteiger partial charge in [0.2, 0.25) is 11.3 Å². The summed E-state index contributed by atoms with van der Waals surface area (Å²) in [5.74, 6) is -0.500. The van der Waals surface area contributed by atoms with E-state index in [1.807, 2.05) is 37.3 Å². The second kappa shape index (κ2) is 8.66. The lowest BCUT2D eigenvalue weighted by atomic mass is 10.1. The predicted octanol–water partition coefficient (Wildman–Crippen LogP) is 2.45. The standard InChI is InChI=1S/C23H21N5O3/c1-15-11-20(28(27-15)14-16-7-3-2-4-8-16)26-21(29)13-25-23(31)18-12-24-19-10-6-5-9-17(19)22(18)30/h2-12H,13-14H2,1H3,(H,24,30)(H,25,31)(H,26,29). The summed E-state index contributed by atoms with van der Waals surface area (Å²) in [6, 6.07) is 18.5. The van der Waals surface area contributed by atoms with Crippen molar-refractivity contribution in [1.82, 2.24) is 20.1 Å². The minimum absolute atomic E-state index is 0.0449. The fourth-order valence-electron chi connectivity index (χ4n) is 3.30. The molecule has 2 heterocycles. The Morgan fingerprint density at radius 1 is 1.06 bits per heavy atom. The van der Waals surface area contributed by atoms with Crippen molar-refractivity contribution in [3.63, 3.8) is 0 Å². The Hall–Kier alpha value is -4.20. The van der Waals surface area contributed by atoms with E-state index < -0.39 is 11.8 Å². The van der Waals surface area contributed by atoms with E-state index in [4.69, 9.17) is 0 Å². The van der Waals surface area contributed by atoms with Gasteiger partial charge in [-0.2, -0.15) is 5.10 Å². The van der Waals surface area contributed by atoms with Crippen LogP contribution in [0, 0.1) is 6.92 Å². The molecule has 8 heteroatoms. The molecule has 0 aliphatic rings. The molecule has 0 spiro atoms. The normalized spacial score (nSPS) is 10.7. The zero-order valence-corrected chi connectivity index (χ0v) is 16.9. The van der Waals surface area contributed by atoms with Crippen LogP contribution in [0.4, 0.5) is 5.82 Å². The molecule has 0 aliphatic heterocycles. The van der Waals surface area contributed by atoms with E-state index in [0.717, 1.165) is 11.3 Å². The van der Waals surface area contributed by atoms with E-state index in [1.54, 1.807) is 35.0 Å². The number of hydrogen-bond donors (Lipinski definition) is 3. The lowest BCUT2D eigenvalue weighted by molar-refractivity contribution is -0.115. The predicted molar refractivity (Wildman–Crippen MR) is 118 cm³/mol. The van der Waals surface area contributed by atoms with Crippen molar-refractivity contribution < 1.29 is 9.59 Å². The van der Waals surface area contributed by atoms with E-state index >= 15 is 0 Å². The number of benzene rings is 2. The Bertz CT molecular complexity index is 1310. The quantitative estimate of drug-likeness (QED) is 0.449. The number of aromatic nitrogens is 3. The van der Waals surface area contributed by atoms with Gasteiger partial charge in [-0.3, -0.25) is 14.4 Å². The number of pyridine rings is 1. The molecule has 0 radical (unpaired) electrons. The number of rotatable bonds is 6. The van der Waals surface area contributed by atoms with Crippen LogP contribution in [0.3, 0.4) is 0 Å². The summed E-state index contributed by atoms with van der Waals surface area (Å²) in [7, 11) is 0. The van der Waals surface area contributed by atoms with Crippen molar-refractivity contribution in [2.24, 2.45) is 0 Å². The van der Waals surface area contributed by atoms with Crippen molar-refractivity contribution in [3.05, 3.63) is 93.9 Å². The summed E-state index contributed by atoms with van der Waals surface area (Å²) in [5, 5.41) is 10.1. The molecule has 31 heavy (non-hydrogen) atoms. The molecule has 0 atom stereocenters. The summed E-state index contributed by atoms with van der Waals surface area (Å²) >= 11 is 0. The van der Waals surface area contributed by atoms with Crippen molar-refractivity contribution in [2.75, 3.05) is 11.9 Å². The number of amides is 2. The molecule has 4 aromatic rings. The van der Waals surface area contributed by atoms with Gasteiger partial charge in [-0.25, -0.2) is 4.68 Å². The van der Waals surface area contributed by atoms with Crippen molar-refractivity contribution in [2.45, 2.75) is 13.5 Å². The van der Waals surface area contributed by atoms with E-state index in [2.05, 4.69) is 20.7 Å². The maximum Gasteiger partial charge on any atom is 0.257 e. The number of anilines is 1. The van der Waals surface area contributed by atoms with Gasteiger partial charge in [0, 0.05) is 23.2 Å². The molecule has 2 amide bonds. The Morgan fingerprint density at radius 2 is 1.81 bits per heavy atom. The SMILES string of the molecule is Cc1cc(NC(=O)CNC(=O)c2c[nH]c3ccccc3c2=O)n(Cc2ccccc2)n1. The number of nitrogens with one attached hydrogen (secondary N) is 3. The number of aryl methyl sites for hydroxylation is 1. The monoisotopic (exact) mass is 415 g/mol. The fourth-order valence-corrected chi connectivity index (χ4v) is 3.30. The zero-order valence-electron chi connectivity index (χ0n) is 16.9. The highest BCUT2D eigenvalue weighted by Gasteiger charge is 2.15. The lowest BCUT2D eigenvalue weighted by Crippen LogP contribution is -2.35. The largest absolute Gasteiger partial charge is 0.360 e. The Labute approximate surface area is 177 Å². The van der Waals surface area contributed by atoms with E-state index in [9.17, 15) is 14.4 Å². The number of H-pyrrole nitrogens is 1. The molecule has 2 aromatic heterocycles. The van der Waals surface area contributed by atoms with Crippen LogP contribution in [0.2, 0.25) is 0 Å². The molecule has 0 unspecified atom stereocenters. The molecular formula is C23H21N5O3. The first-order valence-electron chi connectivity index (χ1n) is 9.78. The van der Waals surface area contributed by atoms with E-state index in [1.165, 1.54) is 6.20 Å². The van der Waals surface area contributed by atoms with Gasteiger partial charge in [0.15, 0.2) is 0 Å². The highest BCUT2D eigenvalue weighted by Crippen LogP contribution is 2.13. The third kappa shape index (κ3) is 4.53. The van der Waals surface area contributed by atoms with Crippen LogP contribution < -0.4 is 16.1 Å². The fraction of sp³-hybridized carbons (Fsp3) is 0.130. The molecule has 0 bridgehead atoms. The van der Waals surface area contributed by atoms with Gasteiger partial charge in [-0.1, -0.05) is 42.5 Å². The van der Waals surface area contributed by atoms with Gasteiger partial charge in [-0.05, 0) is 24.6 Å². The number of carbonyl (C=O) groups is 2. The number of carbonyl (C=O) groups excluding carboxylic acids is 2. The van der Waals surface area contributed by atoms with Gasteiger partial charge in [-0.15, -0.1) is 0 Å². The van der Waals surface area contributed by atoms with Crippen LogP contribution >= 0.6 is 0 Å². The molecule has 8 nitrogen and oxygen atoms in total. The number of fused-ring (bicyclic) bond motifs is 1. The van der Waals surface area contributed by atoms with E-state index in [0.29, 0.717) is 23.3 Å². The van der Waals surface area contributed by atoms with Crippen LogP contribution in [-0.4, -0.2) is 33.1 Å². The Kier molecular flexibility index (Phi) is 5.61. The summed E-state index contributed by atoms with van der Waals surface area (Å²) in [4.78, 5) is 40.3. The average Bonchev–Trinajstić information content (AvgIpc) is 3.11. The highest BCUT2D eigenvalue weighted by molar-refractivity contribution is 6.00. The van der Waals surface area contributed by atoms with E-state index in [-0.39, 0.29) is 17.5 Å². The molecule has 0 saturated carbocycles. The summed E-state index contributed by atoms with van der Waals surface area (Å²) in [6.07, 6.45) is 1.36. The second-order valence-electron chi connectivity index (χ2n) is 7.12. The molecule has 0 aliphatic carbocycles. The number of hydrogen-bond acceptors (Lipinski definition) is 4. The van der Waals surface area contributed by atoms with Crippen LogP contribution in [0.5, 0.6) is 0 Å². The van der Waals surface area contributed by atoms with Crippen LogP contribution in [0.1, 0.15) is 21.6 Å². The van der Waals surface area contributed by atoms with Gasteiger partial charge < -0.3 is 15.6 Å². The second-order valence-corrected chi connectivity index (χ2v) is 7.12. The third-order valence-electron chi connectivity index (χ3n) is 4.79. The molecule has 156 valence electrons. The number of nitrogens with zero attached hydrogens (tertiary/aromatic N) is 2. The third-order valence-corrected chi connectivity index (χ3v) is 4.79.